The minimum absolute atomic E-state index is 0.188. The molecule has 0 unspecified atom stereocenters. The topological polar surface area (TPSA) is 65.6 Å². The highest BCUT2D eigenvalue weighted by molar-refractivity contribution is 7.07. The number of rotatable bonds is 5. The molecule has 0 radical (unpaired) electrons. The molecule has 1 atom stereocenters. The summed E-state index contributed by atoms with van der Waals surface area (Å²) in [5.41, 5.74) is 5.11. The Morgan fingerprint density at radius 3 is 2.49 bits per heavy atom. The Morgan fingerprint density at radius 1 is 1.11 bits per heavy atom. The molecule has 1 aliphatic heterocycles. The lowest BCUT2D eigenvalue weighted by atomic mass is 9.96. The van der Waals surface area contributed by atoms with Crippen molar-refractivity contribution >= 4 is 23.4 Å². The van der Waals surface area contributed by atoms with Crippen LogP contribution in [0.5, 0.6) is 0 Å². The van der Waals surface area contributed by atoms with Crippen LogP contribution in [0.2, 0.25) is 0 Å². The molecule has 3 heterocycles. The molecule has 0 aliphatic carbocycles. The molecule has 4 aromatic rings. The van der Waals surface area contributed by atoms with Crippen LogP contribution in [0.4, 0.5) is 4.39 Å². The summed E-state index contributed by atoms with van der Waals surface area (Å²) in [6.45, 7) is 7.69. The summed E-state index contributed by atoms with van der Waals surface area (Å²) in [6.07, 6.45) is 1.87. The lowest BCUT2D eigenvalue weighted by Crippen LogP contribution is -2.39. The summed E-state index contributed by atoms with van der Waals surface area (Å²) in [6, 6.07) is 17.1. The molecule has 0 saturated heterocycles. The highest BCUT2D eigenvalue weighted by atomic mass is 32.1. The third-order valence-corrected chi connectivity index (χ3v) is 7.46. The Bertz CT molecular complexity index is 1710. The number of carbonyl (C=O) groups is 1. The monoisotopic (exact) mass is 515 g/mol. The summed E-state index contributed by atoms with van der Waals surface area (Å²) in [5, 5.41) is 0. The standard InChI is InChI=1S/C29H26FN3O3S/c1-5-36-28(35)25-18(3)31-29-33(26(25)20-11-13-22(30)14-12-20)27(34)24(37-29)16-21-15-17(2)32(19(21)4)23-9-7-6-8-10-23/h6-16,26H,5H2,1-4H3/b24-16-/t26-/m1/s1. The number of nitrogens with zero attached hydrogens (tertiary/aromatic N) is 3. The second-order valence-corrected chi connectivity index (χ2v) is 9.86. The first-order valence-corrected chi connectivity index (χ1v) is 12.8. The van der Waals surface area contributed by atoms with Gasteiger partial charge in [-0.25, -0.2) is 14.2 Å². The number of hydrogen-bond donors (Lipinski definition) is 0. The molecule has 37 heavy (non-hydrogen) atoms. The van der Waals surface area contributed by atoms with E-state index >= 15 is 0 Å². The van der Waals surface area contributed by atoms with Crippen molar-refractivity contribution in [3.63, 3.8) is 0 Å². The molecule has 1 aliphatic rings. The molecule has 0 spiro atoms. The molecule has 6 nitrogen and oxygen atoms in total. The molecule has 2 aromatic carbocycles. The normalized spacial score (nSPS) is 15.5. The van der Waals surface area contributed by atoms with Gasteiger partial charge in [0, 0.05) is 17.1 Å². The number of ether oxygens (including phenoxy) is 1. The van der Waals surface area contributed by atoms with E-state index in [0.717, 1.165) is 22.6 Å². The van der Waals surface area contributed by atoms with Gasteiger partial charge in [-0.15, -0.1) is 0 Å². The minimum atomic E-state index is -0.769. The van der Waals surface area contributed by atoms with Crippen molar-refractivity contribution in [1.29, 1.82) is 0 Å². The molecule has 0 fully saturated rings. The third kappa shape index (κ3) is 4.38. The zero-order valence-corrected chi connectivity index (χ0v) is 21.8. The number of halogens is 1. The lowest BCUT2D eigenvalue weighted by molar-refractivity contribution is -0.139. The van der Waals surface area contributed by atoms with E-state index in [4.69, 9.17) is 4.74 Å². The number of fused-ring (bicyclic) bond motifs is 1. The van der Waals surface area contributed by atoms with Crippen LogP contribution >= 0.6 is 11.3 Å². The van der Waals surface area contributed by atoms with Gasteiger partial charge in [-0.1, -0.05) is 41.7 Å². The van der Waals surface area contributed by atoms with Crippen molar-refractivity contribution in [2.24, 2.45) is 4.99 Å². The quantitative estimate of drug-likeness (QED) is 0.372. The molecule has 0 bridgehead atoms. The van der Waals surface area contributed by atoms with E-state index in [0.29, 0.717) is 20.6 Å². The zero-order valence-electron chi connectivity index (χ0n) is 21.0. The van der Waals surface area contributed by atoms with Crippen molar-refractivity contribution in [2.45, 2.75) is 33.7 Å². The maximum Gasteiger partial charge on any atom is 0.338 e. The van der Waals surface area contributed by atoms with Gasteiger partial charge in [0.1, 0.15) is 5.82 Å². The molecule has 188 valence electrons. The molecule has 2 aromatic heterocycles. The Morgan fingerprint density at radius 2 is 1.81 bits per heavy atom. The largest absolute Gasteiger partial charge is 0.463 e. The van der Waals surface area contributed by atoms with Crippen LogP contribution in [0.3, 0.4) is 0 Å². The van der Waals surface area contributed by atoms with Crippen LogP contribution in [0, 0.1) is 19.7 Å². The summed E-state index contributed by atoms with van der Waals surface area (Å²) < 4.78 is 23.2. The number of esters is 1. The van der Waals surface area contributed by atoms with E-state index in [1.165, 1.54) is 28.0 Å². The summed E-state index contributed by atoms with van der Waals surface area (Å²) in [5.74, 6) is -0.943. The van der Waals surface area contributed by atoms with E-state index in [1.807, 2.05) is 56.3 Å². The Kier molecular flexibility index (Phi) is 6.52. The van der Waals surface area contributed by atoms with E-state index < -0.39 is 17.8 Å². The summed E-state index contributed by atoms with van der Waals surface area (Å²) >= 11 is 1.27. The van der Waals surface area contributed by atoms with Crippen molar-refractivity contribution in [2.75, 3.05) is 6.61 Å². The second-order valence-electron chi connectivity index (χ2n) is 8.85. The SMILES string of the molecule is CCOC(=O)C1=C(C)N=c2s/c(=C\c3cc(C)n(-c4ccccc4)c3C)c(=O)n2[C@@H]1c1ccc(F)cc1. The number of allylic oxidation sites excluding steroid dienone is 1. The Hall–Kier alpha value is -4.04. The smallest absolute Gasteiger partial charge is 0.338 e. The van der Waals surface area contributed by atoms with Crippen LogP contribution in [0.25, 0.3) is 11.8 Å². The average molecular weight is 516 g/mol. The Balaban J connectivity index is 1.70. The van der Waals surface area contributed by atoms with Crippen LogP contribution in [-0.4, -0.2) is 21.7 Å². The average Bonchev–Trinajstić information content (AvgIpc) is 3.33. The van der Waals surface area contributed by atoms with Gasteiger partial charge < -0.3 is 9.30 Å². The van der Waals surface area contributed by atoms with Gasteiger partial charge in [0.15, 0.2) is 4.80 Å². The number of hydrogen-bond acceptors (Lipinski definition) is 5. The highest BCUT2D eigenvalue weighted by Crippen LogP contribution is 2.31. The first kappa shape index (κ1) is 24.6. The van der Waals surface area contributed by atoms with Gasteiger partial charge in [0.05, 0.1) is 28.5 Å². The van der Waals surface area contributed by atoms with Gasteiger partial charge in [0.25, 0.3) is 5.56 Å². The molecule has 8 heteroatoms. The third-order valence-electron chi connectivity index (χ3n) is 6.47. The molecule has 0 N–H and O–H groups in total. The number of thiazole rings is 1. The fourth-order valence-corrected chi connectivity index (χ4v) is 5.84. The fourth-order valence-electron chi connectivity index (χ4n) is 4.80. The van der Waals surface area contributed by atoms with E-state index in [1.54, 1.807) is 26.0 Å². The second kappa shape index (κ2) is 9.78. The summed E-state index contributed by atoms with van der Waals surface area (Å²) in [7, 11) is 0. The molecule has 0 saturated carbocycles. The highest BCUT2D eigenvalue weighted by Gasteiger charge is 2.33. The van der Waals surface area contributed by atoms with Crippen LogP contribution < -0.4 is 14.9 Å². The number of benzene rings is 2. The maximum absolute atomic E-state index is 13.8. The van der Waals surface area contributed by atoms with Crippen LogP contribution in [0.1, 0.15) is 42.4 Å². The van der Waals surface area contributed by atoms with Gasteiger partial charge in [-0.2, -0.15) is 0 Å². The van der Waals surface area contributed by atoms with Crippen molar-refractivity contribution in [1.82, 2.24) is 9.13 Å². The van der Waals surface area contributed by atoms with E-state index in [-0.39, 0.29) is 17.7 Å². The van der Waals surface area contributed by atoms with Crippen LogP contribution in [0.15, 0.2) is 81.7 Å². The maximum atomic E-state index is 13.8. The van der Waals surface area contributed by atoms with Crippen molar-refractivity contribution < 1.29 is 13.9 Å². The van der Waals surface area contributed by atoms with Gasteiger partial charge in [-0.05, 0) is 75.2 Å². The first-order valence-electron chi connectivity index (χ1n) is 12.0. The molecule has 5 rings (SSSR count). The minimum Gasteiger partial charge on any atom is -0.463 e. The van der Waals surface area contributed by atoms with Gasteiger partial charge >= 0.3 is 5.97 Å². The molecular formula is C29H26FN3O3S. The lowest BCUT2D eigenvalue weighted by Gasteiger charge is -2.24. The fraction of sp³-hybridized carbons (Fsp3) is 0.207. The number of aryl methyl sites for hydroxylation is 1. The van der Waals surface area contributed by atoms with Crippen LogP contribution in [-0.2, 0) is 9.53 Å². The van der Waals surface area contributed by atoms with Gasteiger partial charge in [-0.3, -0.25) is 9.36 Å². The summed E-state index contributed by atoms with van der Waals surface area (Å²) in [4.78, 5) is 31.8. The van der Waals surface area contributed by atoms with E-state index in [9.17, 15) is 14.0 Å². The number of aromatic nitrogens is 2. The zero-order chi connectivity index (χ0) is 26.3. The predicted octanol–water partition coefficient (Wildman–Crippen LogP) is 4.34. The number of para-hydroxylation sites is 1. The first-order chi connectivity index (χ1) is 17.8. The van der Waals surface area contributed by atoms with Crippen molar-refractivity contribution in [3.05, 3.63) is 120 Å². The molecular weight excluding hydrogens is 489 g/mol. The Labute approximate surface area is 217 Å². The predicted molar refractivity (Wildman–Crippen MR) is 142 cm³/mol. The number of carbonyl (C=O) groups excluding carboxylic acids is 1. The van der Waals surface area contributed by atoms with Crippen molar-refractivity contribution in [3.8, 4) is 5.69 Å². The van der Waals surface area contributed by atoms with E-state index in [2.05, 4.69) is 9.56 Å². The molecule has 0 amide bonds. The van der Waals surface area contributed by atoms with Gasteiger partial charge in [0.2, 0.25) is 0 Å².